The van der Waals surface area contributed by atoms with Crippen LogP contribution in [-0.2, 0) is 20.7 Å². The number of nitrogens with zero attached hydrogens (tertiary/aromatic N) is 1. The molecule has 0 bridgehead atoms. The van der Waals surface area contributed by atoms with Crippen molar-refractivity contribution < 1.29 is 18.7 Å². The van der Waals surface area contributed by atoms with Crippen LogP contribution in [0.3, 0.4) is 0 Å². The Labute approximate surface area is 155 Å². The molecule has 0 heterocycles. The fourth-order valence-electron chi connectivity index (χ4n) is 3.57. The number of rotatable bonds is 9. The molecule has 2 rings (SSSR count). The summed E-state index contributed by atoms with van der Waals surface area (Å²) >= 11 is 0. The molecule has 0 atom stereocenters. The molecule has 26 heavy (non-hydrogen) atoms. The summed E-state index contributed by atoms with van der Waals surface area (Å²) in [5, 5.41) is 0. The van der Waals surface area contributed by atoms with Crippen LogP contribution >= 0.6 is 0 Å². The second-order valence-electron chi connectivity index (χ2n) is 7.13. The number of methoxy groups -OCH3 is 1. The summed E-state index contributed by atoms with van der Waals surface area (Å²) in [7, 11) is 1.36. The summed E-state index contributed by atoms with van der Waals surface area (Å²) in [4.78, 5) is 25.9. The molecule has 0 aliphatic heterocycles. The Morgan fingerprint density at radius 1 is 1.08 bits per heavy atom. The zero-order valence-electron chi connectivity index (χ0n) is 15.7. The molecule has 1 aliphatic rings. The Kier molecular flexibility index (Phi) is 8.59. The Balaban J connectivity index is 1.86. The van der Waals surface area contributed by atoms with Gasteiger partial charge in [-0.1, -0.05) is 44.2 Å². The molecule has 5 heteroatoms. The highest BCUT2D eigenvalue weighted by Gasteiger charge is 2.19. The molecule has 1 aromatic carbocycles. The number of esters is 1. The van der Waals surface area contributed by atoms with Crippen molar-refractivity contribution in [2.75, 3.05) is 20.2 Å². The van der Waals surface area contributed by atoms with E-state index < -0.39 is 0 Å². The zero-order chi connectivity index (χ0) is 18.8. The third kappa shape index (κ3) is 7.14. The molecule has 4 nitrogen and oxygen atoms in total. The topological polar surface area (TPSA) is 46.6 Å². The van der Waals surface area contributed by atoms with Crippen LogP contribution in [0.15, 0.2) is 24.3 Å². The van der Waals surface area contributed by atoms with E-state index in [1.54, 1.807) is 17.0 Å². The minimum atomic E-state index is -0.308. The van der Waals surface area contributed by atoms with Crippen LogP contribution in [-0.4, -0.2) is 37.0 Å². The van der Waals surface area contributed by atoms with Gasteiger partial charge in [0.25, 0.3) is 0 Å². The van der Waals surface area contributed by atoms with E-state index in [1.165, 1.54) is 51.3 Å². The minimum absolute atomic E-state index is 0.0987. The molecular weight excluding hydrogens is 333 g/mol. The molecule has 1 amide bonds. The number of benzene rings is 1. The van der Waals surface area contributed by atoms with Gasteiger partial charge < -0.3 is 9.64 Å². The number of amides is 1. The van der Waals surface area contributed by atoms with E-state index in [0.717, 1.165) is 12.0 Å². The number of hydrogen-bond acceptors (Lipinski definition) is 3. The highest BCUT2D eigenvalue weighted by Crippen LogP contribution is 2.27. The van der Waals surface area contributed by atoms with Gasteiger partial charge in [-0.3, -0.25) is 9.59 Å². The van der Waals surface area contributed by atoms with Crippen LogP contribution < -0.4 is 0 Å². The van der Waals surface area contributed by atoms with E-state index in [-0.39, 0.29) is 24.1 Å². The molecule has 1 aromatic rings. The molecule has 0 unspecified atom stereocenters. The second kappa shape index (κ2) is 10.9. The summed E-state index contributed by atoms with van der Waals surface area (Å²) in [5.41, 5.74) is 0.981. The SMILES string of the molecule is COC(=O)CCN(CCc1ccc(F)cc1)C(=O)CCC1CCCCC1. The fraction of sp³-hybridized carbons (Fsp3) is 0.619. The van der Waals surface area contributed by atoms with Gasteiger partial charge >= 0.3 is 5.97 Å². The standard InChI is InChI=1S/C21H30FNO3/c1-26-21(25)14-16-23(15-13-18-7-10-19(22)11-8-18)20(24)12-9-17-5-3-2-4-6-17/h7-8,10-11,17H,2-6,9,12-16H2,1H3. The van der Waals surface area contributed by atoms with Crippen molar-refractivity contribution in [1.29, 1.82) is 0 Å². The summed E-state index contributed by atoms with van der Waals surface area (Å²) < 4.78 is 17.7. The van der Waals surface area contributed by atoms with Gasteiger partial charge in [-0.15, -0.1) is 0 Å². The molecule has 1 fully saturated rings. The first-order valence-electron chi connectivity index (χ1n) is 9.67. The maximum atomic E-state index is 13.0. The van der Waals surface area contributed by atoms with E-state index in [1.807, 2.05) is 0 Å². The van der Waals surface area contributed by atoms with Crippen LogP contribution in [0.25, 0.3) is 0 Å². The van der Waals surface area contributed by atoms with Crippen molar-refractivity contribution >= 4 is 11.9 Å². The Hall–Kier alpha value is -1.91. The predicted molar refractivity (Wildman–Crippen MR) is 99.1 cm³/mol. The lowest BCUT2D eigenvalue weighted by atomic mass is 9.86. The first-order valence-corrected chi connectivity index (χ1v) is 9.67. The van der Waals surface area contributed by atoms with Crippen molar-refractivity contribution in [1.82, 2.24) is 4.90 Å². The second-order valence-corrected chi connectivity index (χ2v) is 7.13. The molecule has 1 saturated carbocycles. The third-order valence-corrected chi connectivity index (χ3v) is 5.24. The van der Waals surface area contributed by atoms with E-state index in [9.17, 15) is 14.0 Å². The van der Waals surface area contributed by atoms with Gasteiger partial charge in [-0.2, -0.15) is 0 Å². The van der Waals surface area contributed by atoms with Gasteiger partial charge in [0.15, 0.2) is 0 Å². The average Bonchev–Trinajstić information content (AvgIpc) is 2.68. The maximum absolute atomic E-state index is 13.0. The predicted octanol–water partition coefficient (Wildman–Crippen LogP) is 4.12. The lowest BCUT2D eigenvalue weighted by molar-refractivity contribution is -0.141. The highest BCUT2D eigenvalue weighted by atomic mass is 19.1. The van der Waals surface area contributed by atoms with Gasteiger partial charge in [0.05, 0.1) is 13.5 Å². The van der Waals surface area contributed by atoms with Crippen molar-refractivity contribution in [2.24, 2.45) is 5.92 Å². The Morgan fingerprint density at radius 2 is 1.77 bits per heavy atom. The Bertz CT molecular complexity index is 567. The quantitative estimate of drug-likeness (QED) is 0.620. The third-order valence-electron chi connectivity index (χ3n) is 5.24. The summed E-state index contributed by atoms with van der Waals surface area (Å²) in [6.45, 7) is 0.906. The number of carbonyl (C=O) groups excluding carboxylic acids is 2. The van der Waals surface area contributed by atoms with Gasteiger partial charge in [-0.25, -0.2) is 4.39 Å². The van der Waals surface area contributed by atoms with E-state index in [0.29, 0.717) is 31.8 Å². The van der Waals surface area contributed by atoms with Crippen LogP contribution in [0.5, 0.6) is 0 Å². The van der Waals surface area contributed by atoms with E-state index in [2.05, 4.69) is 0 Å². The maximum Gasteiger partial charge on any atom is 0.307 e. The lowest BCUT2D eigenvalue weighted by Crippen LogP contribution is -2.35. The van der Waals surface area contributed by atoms with Gasteiger partial charge in [-0.05, 0) is 36.5 Å². The molecule has 0 N–H and O–H groups in total. The van der Waals surface area contributed by atoms with Crippen molar-refractivity contribution in [3.05, 3.63) is 35.6 Å². The molecule has 0 saturated heterocycles. The number of halogens is 1. The van der Waals surface area contributed by atoms with Crippen LogP contribution in [0.1, 0.15) is 56.9 Å². The normalized spacial score (nSPS) is 14.8. The average molecular weight is 363 g/mol. The first-order chi connectivity index (χ1) is 12.6. The largest absolute Gasteiger partial charge is 0.469 e. The summed E-state index contributed by atoms with van der Waals surface area (Å²) in [6, 6.07) is 6.33. The van der Waals surface area contributed by atoms with Crippen molar-refractivity contribution in [3.8, 4) is 0 Å². The van der Waals surface area contributed by atoms with Gasteiger partial charge in [0.1, 0.15) is 5.82 Å². The Morgan fingerprint density at radius 3 is 2.42 bits per heavy atom. The monoisotopic (exact) mass is 363 g/mol. The smallest absolute Gasteiger partial charge is 0.307 e. The molecule has 1 aliphatic carbocycles. The minimum Gasteiger partial charge on any atom is -0.469 e. The van der Waals surface area contributed by atoms with Crippen molar-refractivity contribution in [2.45, 2.75) is 57.8 Å². The van der Waals surface area contributed by atoms with Crippen LogP contribution in [0, 0.1) is 11.7 Å². The van der Waals surface area contributed by atoms with E-state index >= 15 is 0 Å². The number of carbonyl (C=O) groups is 2. The van der Waals surface area contributed by atoms with Gasteiger partial charge in [0.2, 0.25) is 5.91 Å². The number of hydrogen-bond donors (Lipinski definition) is 0. The van der Waals surface area contributed by atoms with Crippen molar-refractivity contribution in [3.63, 3.8) is 0 Å². The molecular formula is C21H30FNO3. The number of ether oxygens (including phenoxy) is 1. The first kappa shape index (κ1) is 20.4. The summed E-state index contributed by atoms with van der Waals surface area (Å²) in [6.07, 6.45) is 8.64. The van der Waals surface area contributed by atoms with Crippen LogP contribution in [0.2, 0.25) is 0 Å². The molecule has 0 radical (unpaired) electrons. The van der Waals surface area contributed by atoms with Crippen LogP contribution in [0.4, 0.5) is 4.39 Å². The lowest BCUT2D eigenvalue weighted by Gasteiger charge is -2.25. The highest BCUT2D eigenvalue weighted by molar-refractivity contribution is 5.77. The molecule has 0 aromatic heterocycles. The zero-order valence-corrected chi connectivity index (χ0v) is 15.7. The van der Waals surface area contributed by atoms with Gasteiger partial charge in [0, 0.05) is 19.5 Å². The fourth-order valence-corrected chi connectivity index (χ4v) is 3.57. The van der Waals surface area contributed by atoms with E-state index in [4.69, 9.17) is 4.74 Å². The summed E-state index contributed by atoms with van der Waals surface area (Å²) in [5.74, 6) is 0.186. The molecule has 144 valence electrons. The molecule has 0 spiro atoms.